The Kier molecular flexibility index (Phi) is 6.14. The molecule has 4 heterocycles. The van der Waals surface area contributed by atoms with Crippen molar-refractivity contribution in [3.05, 3.63) is 176 Å². The first-order chi connectivity index (χ1) is 25.3. The lowest BCUT2D eigenvalue weighted by Crippen LogP contribution is -2.73. The molecule has 3 aromatic heterocycles. The summed E-state index contributed by atoms with van der Waals surface area (Å²) in [5, 5.41) is 10.2. The van der Waals surface area contributed by atoms with Gasteiger partial charge in [0, 0.05) is 37.4 Å². The van der Waals surface area contributed by atoms with E-state index in [4.69, 9.17) is 9.97 Å². The molecule has 0 radical (unpaired) electrons. The van der Waals surface area contributed by atoms with Crippen LogP contribution in [0.2, 0.25) is 0 Å². The molecule has 51 heavy (non-hydrogen) atoms. The maximum atomic E-state index is 5.71. The third-order valence-electron chi connectivity index (χ3n) is 10.7. The summed E-state index contributed by atoms with van der Waals surface area (Å²) in [4.78, 5) is 11.4. The fourth-order valence-corrected chi connectivity index (χ4v) is 14.8. The van der Waals surface area contributed by atoms with Crippen molar-refractivity contribution in [1.29, 1.82) is 0 Å². The Bertz CT molecular complexity index is 2930. The summed E-state index contributed by atoms with van der Waals surface area (Å²) in [5.74, 6) is 1.68. The zero-order valence-corrected chi connectivity index (χ0v) is 29.3. The predicted octanol–water partition coefficient (Wildman–Crippen LogP) is 8.97. The number of nitrogens with zero attached hydrogens (tertiary/aromatic N) is 3. The van der Waals surface area contributed by atoms with Gasteiger partial charge in [0.25, 0.3) is 0 Å². The molecule has 0 atom stereocenters. The molecule has 3 nitrogen and oxygen atoms in total. The Morgan fingerprint density at radius 1 is 0.490 bits per heavy atom. The van der Waals surface area contributed by atoms with E-state index in [0.29, 0.717) is 0 Å². The van der Waals surface area contributed by atoms with Crippen LogP contribution in [0.15, 0.2) is 176 Å². The summed E-state index contributed by atoms with van der Waals surface area (Å²) in [6.07, 6.45) is 0. The molecule has 238 valence electrons. The molecule has 0 unspecified atom stereocenters. The topological polar surface area (TPSA) is 30.7 Å². The van der Waals surface area contributed by atoms with E-state index in [1.807, 2.05) is 11.3 Å². The minimum Gasteiger partial charge on any atom is -0.292 e. The van der Waals surface area contributed by atoms with Crippen molar-refractivity contribution < 1.29 is 0 Å². The Balaban J connectivity index is 1.38. The fraction of sp³-hybridized carbons (Fsp3) is 0. The van der Waals surface area contributed by atoms with Crippen molar-refractivity contribution in [2.75, 3.05) is 0 Å². The smallest absolute Gasteiger partial charge is 0.203 e. The van der Waals surface area contributed by atoms with Gasteiger partial charge in [0.1, 0.15) is 5.82 Å². The summed E-state index contributed by atoms with van der Waals surface area (Å²) in [6, 6.07) is 64.0. The molecule has 1 aliphatic heterocycles. The highest BCUT2D eigenvalue weighted by atomic mass is 32.1. The number of aromatic nitrogens is 3. The summed E-state index contributed by atoms with van der Waals surface area (Å²) in [5.41, 5.74) is 5.70. The predicted molar refractivity (Wildman–Crippen MR) is 217 cm³/mol. The summed E-state index contributed by atoms with van der Waals surface area (Å²) in [6.45, 7) is 0. The molecule has 5 heteroatoms. The van der Waals surface area contributed by atoms with Gasteiger partial charge in [0.15, 0.2) is 5.82 Å². The molecule has 11 rings (SSSR count). The van der Waals surface area contributed by atoms with Crippen LogP contribution in [-0.4, -0.2) is 22.6 Å². The van der Waals surface area contributed by atoms with Crippen molar-refractivity contribution in [3.8, 4) is 28.3 Å². The number of para-hydroxylation sites is 1. The molecule has 0 bridgehead atoms. The summed E-state index contributed by atoms with van der Waals surface area (Å²) in [7, 11) is -2.91. The van der Waals surface area contributed by atoms with Gasteiger partial charge in [-0.3, -0.25) is 4.57 Å². The van der Waals surface area contributed by atoms with Gasteiger partial charge in [-0.2, -0.15) is 0 Å². The van der Waals surface area contributed by atoms with Gasteiger partial charge in [-0.1, -0.05) is 164 Å². The molecule has 7 aromatic carbocycles. The first-order valence-corrected chi connectivity index (χ1v) is 20.2. The normalized spacial score (nSPS) is 13.3. The number of hydrogen-bond acceptors (Lipinski definition) is 3. The molecule has 0 spiro atoms. The van der Waals surface area contributed by atoms with Gasteiger partial charge >= 0.3 is 0 Å². The molecule has 10 aromatic rings. The van der Waals surface area contributed by atoms with Gasteiger partial charge in [-0.05, 0) is 33.3 Å². The maximum absolute atomic E-state index is 5.71. The molecule has 0 aliphatic carbocycles. The Labute approximate surface area is 299 Å². The second-order valence-corrected chi connectivity index (χ2v) is 18.0. The number of thiophene rings is 1. The highest BCUT2D eigenvalue weighted by molar-refractivity contribution is 7.26. The van der Waals surface area contributed by atoms with Crippen molar-refractivity contribution in [1.82, 2.24) is 14.5 Å². The lowest BCUT2D eigenvalue weighted by atomic mass is 10.1. The third-order valence-corrected chi connectivity index (χ3v) is 16.6. The van der Waals surface area contributed by atoms with E-state index in [-0.39, 0.29) is 0 Å². The molecule has 0 N–H and O–H groups in total. The lowest BCUT2D eigenvalue weighted by molar-refractivity contribution is 1.06. The van der Waals surface area contributed by atoms with Crippen molar-refractivity contribution in [2.45, 2.75) is 0 Å². The van der Waals surface area contributed by atoms with Crippen LogP contribution in [0.25, 0.3) is 70.3 Å². The van der Waals surface area contributed by atoms with E-state index < -0.39 is 8.07 Å². The molecule has 0 saturated carbocycles. The molecular formula is C46H29N3SSi. The largest absolute Gasteiger partial charge is 0.292 e. The minimum absolute atomic E-state index is 0.746. The van der Waals surface area contributed by atoms with E-state index in [2.05, 4.69) is 180 Å². The molecule has 1 aliphatic rings. The Morgan fingerprint density at radius 3 is 1.86 bits per heavy atom. The van der Waals surface area contributed by atoms with Crippen molar-refractivity contribution >= 4 is 82.3 Å². The number of rotatable bonds is 4. The van der Waals surface area contributed by atoms with E-state index in [1.165, 1.54) is 57.6 Å². The second-order valence-electron chi connectivity index (χ2n) is 13.3. The van der Waals surface area contributed by atoms with Crippen molar-refractivity contribution in [3.63, 3.8) is 0 Å². The van der Waals surface area contributed by atoms with E-state index in [1.54, 1.807) is 0 Å². The lowest BCUT2D eigenvalue weighted by Gasteiger charge is -2.30. The van der Waals surface area contributed by atoms with E-state index in [0.717, 1.165) is 33.6 Å². The van der Waals surface area contributed by atoms with E-state index in [9.17, 15) is 0 Å². The van der Waals surface area contributed by atoms with Crippen LogP contribution in [0.3, 0.4) is 0 Å². The average Bonchev–Trinajstić information content (AvgIpc) is 3.85. The molecular weight excluding hydrogens is 655 g/mol. The Hall–Kier alpha value is -6.14. The van der Waals surface area contributed by atoms with Crippen LogP contribution in [0.5, 0.6) is 0 Å². The maximum Gasteiger partial charge on any atom is 0.203 e. The minimum atomic E-state index is -2.91. The summed E-state index contributed by atoms with van der Waals surface area (Å²) < 4.78 is 5.03. The SMILES string of the molecule is c1ccc(-c2nc(-n3c4ccccc4c4ccc5c6ccccc6sc5c43)c3c(n2)[Si](c2ccccc2)(c2ccccc2)c2ccccc2-3)cc1. The van der Waals surface area contributed by atoms with Crippen LogP contribution in [0.1, 0.15) is 0 Å². The van der Waals surface area contributed by atoms with Crippen LogP contribution < -0.4 is 20.9 Å². The third kappa shape index (κ3) is 3.93. The standard InChI is InChI=1S/C46H29N3SSi/c1-4-16-30(17-5-1)44-47-45(49-38-25-13-10-22-33(38)35-28-29-36-34-23-11-14-26-39(34)50-43(36)42(35)49)41-37-24-12-15-27-40(37)51(46(41)48-44,31-18-6-2-7-19-31)32-20-8-3-9-21-32/h1-29H. The number of fused-ring (bicyclic) bond motifs is 10. The van der Waals surface area contributed by atoms with Gasteiger partial charge in [-0.25, -0.2) is 9.97 Å². The Morgan fingerprint density at radius 2 is 1.10 bits per heavy atom. The van der Waals surface area contributed by atoms with Crippen LogP contribution in [0, 0.1) is 0 Å². The second kappa shape index (κ2) is 10.9. The van der Waals surface area contributed by atoms with Crippen LogP contribution >= 0.6 is 11.3 Å². The fourth-order valence-electron chi connectivity index (χ4n) is 8.58. The first-order valence-electron chi connectivity index (χ1n) is 17.3. The van der Waals surface area contributed by atoms with E-state index >= 15 is 0 Å². The van der Waals surface area contributed by atoms with Gasteiger partial charge in [0.05, 0.1) is 21.1 Å². The highest BCUT2D eigenvalue weighted by Crippen LogP contribution is 2.44. The molecule has 0 amide bonds. The zero-order valence-electron chi connectivity index (χ0n) is 27.5. The first kappa shape index (κ1) is 28.7. The van der Waals surface area contributed by atoms with Crippen LogP contribution in [-0.2, 0) is 0 Å². The zero-order chi connectivity index (χ0) is 33.5. The molecule has 0 saturated heterocycles. The van der Waals surface area contributed by atoms with Crippen LogP contribution in [0.4, 0.5) is 0 Å². The quantitative estimate of drug-likeness (QED) is 0.174. The highest BCUT2D eigenvalue weighted by Gasteiger charge is 2.52. The average molecular weight is 684 g/mol. The van der Waals surface area contributed by atoms with Crippen molar-refractivity contribution in [2.24, 2.45) is 0 Å². The molecule has 0 fully saturated rings. The summed E-state index contributed by atoms with van der Waals surface area (Å²) >= 11 is 1.87. The number of benzene rings is 7. The van der Waals surface area contributed by atoms with Gasteiger partial charge < -0.3 is 0 Å². The monoisotopic (exact) mass is 683 g/mol. The van der Waals surface area contributed by atoms with Gasteiger partial charge in [-0.15, -0.1) is 11.3 Å². The number of hydrogen-bond donors (Lipinski definition) is 0. The van der Waals surface area contributed by atoms with Gasteiger partial charge in [0.2, 0.25) is 8.07 Å².